The summed E-state index contributed by atoms with van der Waals surface area (Å²) in [4.78, 5) is 26.6. The number of hydrogen-bond donors (Lipinski definition) is 1. The third kappa shape index (κ3) is 6.09. The molecule has 1 saturated heterocycles. The van der Waals surface area contributed by atoms with Crippen LogP contribution in [0.1, 0.15) is 45.6 Å². The lowest BCUT2D eigenvalue weighted by Crippen LogP contribution is -2.47. The minimum Gasteiger partial charge on any atom is -0.353 e. The van der Waals surface area contributed by atoms with Gasteiger partial charge in [0.15, 0.2) is 11.0 Å². The summed E-state index contributed by atoms with van der Waals surface area (Å²) in [6.07, 6.45) is 2.21. The lowest BCUT2D eigenvalue weighted by Gasteiger charge is -2.32. The molecule has 2 amide bonds. The van der Waals surface area contributed by atoms with E-state index in [4.69, 9.17) is 0 Å². The second kappa shape index (κ2) is 10.8. The molecule has 7 nitrogen and oxygen atoms in total. The van der Waals surface area contributed by atoms with Crippen LogP contribution in [0.15, 0.2) is 29.4 Å². The van der Waals surface area contributed by atoms with E-state index in [0.717, 1.165) is 41.5 Å². The minimum atomic E-state index is 0.0000478. The SMILES string of the molecule is CCn1c(SCC(=O)NC2CCN(C(=O)CC(C)C)CC2)nnc1-c1ccccc1C. The predicted molar refractivity (Wildman–Crippen MR) is 124 cm³/mol. The van der Waals surface area contributed by atoms with Gasteiger partial charge in [-0.2, -0.15) is 0 Å². The largest absolute Gasteiger partial charge is 0.353 e. The first-order chi connectivity index (χ1) is 14.9. The Labute approximate surface area is 189 Å². The van der Waals surface area contributed by atoms with E-state index in [1.54, 1.807) is 0 Å². The van der Waals surface area contributed by atoms with Crippen LogP contribution in [0.25, 0.3) is 11.4 Å². The molecule has 0 spiro atoms. The molecule has 0 unspecified atom stereocenters. The number of nitrogens with zero attached hydrogens (tertiary/aromatic N) is 4. The third-order valence-corrected chi connectivity index (χ3v) is 6.51. The number of benzene rings is 1. The number of likely N-dealkylation sites (tertiary alicyclic amines) is 1. The molecule has 0 bridgehead atoms. The zero-order valence-corrected chi connectivity index (χ0v) is 19.7. The van der Waals surface area contributed by atoms with E-state index < -0.39 is 0 Å². The van der Waals surface area contributed by atoms with Crippen molar-refractivity contribution in [2.24, 2.45) is 5.92 Å². The molecule has 1 aliphatic rings. The Balaban J connectivity index is 1.51. The summed E-state index contributed by atoms with van der Waals surface area (Å²) in [6, 6.07) is 8.24. The molecule has 1 aromatic carbocycles. The second-order valence-electron chi connectivity index (χ2n) is 8.47. The molecule has 3 rings (SSSR count). The Bertz CT molecular complexity index is 903. The van der Waals surface area contributed by atoms with E-state index in [0.29, 0.717) is 31.2 Å². The molecule has 0 aliphatic carbocycles. The number of rotatable bonds is 8. The van der Waals surface area contributed by atoms with Gasteiger partial charge < -0.3 is 14.8 Å². The fourth-order valence-corrected chi connectivity index (χ4v) is 4.67. The molecule has 0 saturated carbocycles. The zero-order chi connectivity index (χ0) is 22.4. The smallest absolute Gasteiger partial charge is 0.230 e. The fraction of sp³-hybridized carbons (Fsp3) is 0.565. The van der Waals surface area contributed by atoms with Gasteiger partial charge in [0.05, 0.1) is 5.75 Å². The maximum absolute atomic E-state index is 12.5. The summed E-state index contributed by atoms with van der Waals surface area (Å²) in [6.45, 7) is 10.4. The van der Waals surface area contributed by atoms with Crippen LogP contribution >= 0.6 is 11.8 Å². The summed E-state index contributed by atoms with van der Waals surface area (Å²) in [5.74, 6) is 1.73. The predicted octanol–water partition coefficient (Wildman–Crippen LogP) is 3.52. The third-order valence-electron chi connectivity index (χ3n) is 5.55. The summed E-state index contributed by atoms with van der Waals surface area (Å²) in [7, 11) is 0. The van der Waals surface area contributed by atoms with Crippen molar-refractivity contribution in [3.05, 3.63) is 29.8 Å². The van der Waals surface area contributed by atoms with Gasteiger partial charge in [0.25, 0.3) is 0 Å². The first-order valence-corrected chi connectivity index (χ1v) is 12.1. The molecular weight excluding hydrogens is 410 g/mol. The lowest BCUT2D eigenvalue weighted by atomic mass is 10.0. The minimum absolute atomic E-state index is 0.0000478. The Morgan fingerprint density at radius 3 is 2.55 bits per heavy atom. The molecule has 1 N–H and O–H groups in total. The van der Waals surface area contributed by atoms with Crippen LogP contribution in [-0.2, 0) is 16.1 Å². The number of carbonyl (C=O) groups excluding carboxylic acids is 2. The highest BCUT2D eigenvalue weighted by molar-refractivity contribution is 7.99. The molecular formula is C23H33N5O2S. The Kier molecular flexibility index (Phi) is 8.12. The molecule has 1 aliphatic heterocycles. The van der Waals surface area contributed by atoms with Crippen molar-refractivity contribution < 1.29 is 9.59 Å². The Morgan fingerprint density at radius 1 is 1.19 bits per heavy atom. The summed E-state index contributed by atoms with van der Waals surface area (Å²) >= 11 is 1.41. The van der Waals surface area contributed by atoms with Gasteiger partial charge >= 0.3 is 0 Å². The van der Waals surface area contributed by atoms with Crippen molar-refractivity contribution in [2.45, 2.75) is 64.7 Å². The van der Waals surface area contributed by atoms with Crippen molar-refractivity contribution in [3.8, 4) is 11.4 Å². The fourth-order valence-electron chi connectivity index (χ4n) is 3.85. The molecule has 0 radical (unpaired) electrons. The van der Waals surface area contributed by atoms with Gasteiger partial charge in [-0.1, -0.05) is 49.9 Å². The summed E-state index contributed by atoms with van der Waals surface area (Å²) in [5, 5.41) is 12.6. The van der Waals surface area contributed by atoms with Gasteiger partial charge in [0.2, 0.25) is 11.8 Å². The van der Waals surface area contributed by atoms with Crippen molar-refractivity contribution >= 4 is 23.6 Å². The average Bonchev–Trinajstić information content (AvgIpc) is 3.15. The van der Waals surface area contributed by atoms with E-state index in [-0.39, 0.29) is 17.9 Å². The van der Waals surface area contributed by atoms with Crippen LogP contribution < -0.4 is 5.32 Å². The van der Waals surface area contributed by atoms with Crippen molar-refractivity contribution in [2.75, 3.05) is 18.8 Å². The van der Waals surface area contributed by atoms with Crippen LogP contribution in [-0.4, -0.2) is 56.4 Å². The van der Waals surface area contributed by atoms with Gasteiger partial charge in [0.1, 0.15) is 0 Å². The number of thioether (sulfide) groups is 1. The zero-order valence-electron chi connectivity index (χ0n) is 18.9. The van der Waals surface area contributed by atoms with Crippen molar-refractivity contribution in [1.82, 2.24) is 25.0 Å². The monoisotopic (exact) mass is 443 g/mol. The second-order valence-corrected chi connectivity index (χ2v) is 9.42. The van der Waals surface area contributed by atoms with Crippen molar-refractivity contribution in [3.63, 3.8) is 0 Å². The number of piperidine rings is 1. The Morgan fingerprint density at radius 2 is 1.90 bits per heavy atom. The van der Waals surface area contributed by atoms with Gasteiger partial charge in [0, 0.05) is 37.7 Å². The van der Waals surface area contributed by atoms with Gasteiger partial charge in [-0.15, -0.1) is 10.2 Å². The van der Waals surface area contributed by atoms with Crippen molar-refractivity contribution in [1.29, 1.82) is 0 Å². The number of aromatic nitrogens is 3. The molecule has 1 aromatic heterocycles. The first-order valence-electron chi connectivity index (χ1n) is 11.1. The Hall–Kier alpha value is -2.35. The number of carbonyl (C=O) groups is 2. The lowest BCUT2D eigenvalue weighted by molar-refractivity contribution is -0.133. The topological polar surface area (TPSA) is 80.1 Å². The molecule has 2 aromatic rings. The maximum atomic E-state index is 12.5. The summed E-state index contributed by atoms with van der Waals surface area (Å²) < 4.78 is 2.05. The maximum Gasteiger partial charge on any atom is 0.230 e. The molecule has 2 heterocycles. The highest BCUT2D eigenvalue weighted by atomic mass is 32.2. The van der Waals surface area contributed by atoms with E-state index in [9.17, 15) is 9.59 Å². The van der Waals surface area contributed by atoms with Gasteiger partial charge in [-0.25, -0.2) is 0 Å². The van der Waals surface area contributed by atoms with E-state index in [1.807, 2.05) is 23.1 Å². The molecule has 0 atom stereocenters. The number of amides is 2. The highest BCUT2D eigenvalue weighted by Crippen LogP contribution is 2.26. The molecule has 1 fully saturated rings. The van der Waals surface area contributed by atoms with Gasteiger partial charge in [-0.05, 0) is 38.2 Å². The molecule has 31 heavy (non-hydrogen) atoms. The van der Waals surface area contributed by atoms with E-state index >= 15 is 0 Å². The highest BCUT2D eigenvalue weighted by Gasteiger charge is 2.24. The van der Waals surface area contributed by atoms with Crippen LogP contribution in [0.2, 0.25) is 0 Å². The average molecular weight is 444 g/mol. The standard InChI is InChI=1S/C23H33N5O2S/c1-5-28-22(19-9-7-6-8-17(19)4)25-26-23(28)31-15-20(29)24-18-10-12-27(13-11-18)21(30)14-16(2)3/h6-9,16,18H,5,10-15H2,1-4H3,(H,24,29). The van der Waals surface area contributed by atoms with Crippen LogP contribution in [0, 0.1) is 12.8 Å². The van der Waals surface area contributed by atoms with E-state index in [2.05, 4.69) is 53.8 Å². The van der Waals surface area contributed by atoms with Crippen LogP contribution in [0.5, 0.6) is 0 Å². The quantitative estimate of drug-likeness (QED) is 0.632. The molecule has 8 heteroatoms. The van der Waals surface area contributed by atoms with Crippen LogP contribution in [0.4, 0.5) is 0 Å². The first kappa shape index (κ1) is 23.3. The normalized spacial score (nSPS) is 14.8. The number of nitrogens with one attached hydrogen (secondary N) is 1. The van der Waals surface area contributed by atoms with Crippen LogP contribution in [0.3, 0.4) is 0 Å². The number of hydrogen-bond acceptors (Lipinski definition) is 5. The number of aryl methyl sites for hydroxylation is 1. The molecule has 168 valence electrons. The van der Waals surface area contributed by atoms with E-state index in [1.165, 1.54) is 11.8 Å². The van der Waals surface area contributed by atoms with Gasteiger partial charge in [-0.3, -0.25) is 9.59 Å². The summed E-state index contributed by atoms with van der Waals surface area (Å²) in [5.41, 5.74) is 2.21.